The highest BCUT2D eigenvalue weighted by molar-refractivity contribution is 9.10. The molecule has 2 amide bonds. The van der Waals surface area contributed by atoms with Crippen LogP contribution >= 0.6 is 15.9 Å². The van der Waals surface area contributed by atoms with Crippen LogP contribution in [0.25, 0.3) is 0 Å². The molecule has 8 heteroatoms. The first-order valence-corrected chi connectivity index (χ1v) is 11.5. The van der Waals surface area contributed by atoms with E-state index in [4.69, 9.17) is 9.47 Å². The second-order valence-electron chi connectivity index (χ2n) is 7.53. The molecule has 0 aromatic heterocycles. The first-order valence-electron chi connectivity index (χ1n) is 10.7. The molecule has 2 aromatic rings. The van der Waals surface area contributed by atoms with Crippen molar-refractivity contribution in [1.29, 1.82) is 0 Å². The molecule has 32 heavy (non-hydrogen) atoms. The Bertz CT molecular complexity index is 940. The Labute approximate surface area is 196 Å². The van der Waals surface area contributed by atoms with Crippen LogP contribution in [0.2, 0.25) is 0 Å². The maximum absolute atomic E-state index is 12.8. The van der Waals surface area contributed by atoms with Crippen LogP contribution < -0.4 is 10.1 Å². The fraction of sp³-hybridized carbons (Fsp3) is 0.375. The van der Waals surface area contributed by atoms with Crippen LogP contribution in [0.4, 0.5) is 4.79 Å². The summed E-state index contributed by atoms with van der Waals surface area (Å²) in [6, 6.07) is 14.4. The Kier molecular flexibility index (Phi) is 8.67. The van der Waals surface area contributed by atoms with Crippen molar-refractivity contribution < 1.29 is 23.9 Å². The molecular formula is C24H27BrN2O5. The van der Waals surface area contributed by atoms with Gasteiger partial charge in [-0.2, -0.15) is 0 Å². The lowest BCUT2D eigenvalue weighted by molar-refractivity contribution is -0.122. The summed E-state index contributed by atoms with van der Waals surface area (Å²) in [5.41, 5.74) is 1.64. The van der Waals surface area contributed by atoms with Crippen molar-refractivity contribution in [3.63, 3.8) is 0 Å². The molecule has 1 N–H and O–H groups in total. The molecule has 1 aliphatic heterocycles. The number of rotatable bonds is 7. The molecule has 1 fully saturated rings. The number of ether oxygens (including phenoxy) is 2. The average Bonchev–Trinajstić information content (AvgIpc) is 2.79. The number of hydrogen-bond acceptors (Lipinski definition) is 5. The minimum Gasteiger partial charge on any atom is -0.434 e. The van der Waals surface area contributed by atoms with Gasteiger partial charge in [0, 0.05) is 35.6 Å². The van der Waals surface area contributed by atoms with E-state index in [-0.39, 0.29) is 24.5 Å². The number of halogens is 1. The molecule has 0 spiro atoms. The van der Waals surface area contributed by atoms with Gasteiger partial charge < -0.3 is 19.7 Å². The largest absolute Gasteiger partial charge is 0.513 e. The lowest BCUT2D eigenvalue weighted by Crippen LogP contribution is -2.46. The minimum atomic E-state index is -0.771. The Balaban J connectivity index is 1.42. The second-order valence-corrected chi connectivity index (χ2v) is 8.39. The van der Waals surface area contributed by atoms with Crippen molar-refractivity contribution in [2.45, 2.75) is 38.6 Å². The maximum atomic E-state index is 12.8. The van der Waals surface area contributed by atoms with E-state index in [0.29, 0.717) is 37.2 Å². The van der Waals surface area contributed by atoms with Gasteiger partial charge in [0.05, 0.1) is 6.61 Å². The zero-order valence-electron chi connectivity index (χ0n) is 18.0. The van der Waals surface area contributed by atoms with Crippen LogP contribution in [-0.2, 0) is 16.0 Å². The van der Waals surface area contributed by atoms with E-state index in [1.165, 1.54) is 0 Å². The van der Waals surface area contributed by atoms with Gasteiger partial charge in [0.1, 0.15) is 5.75 Å². The number of nitrogens with one attached hydrogen (secondary N) is 1. The SMILES string of the molecule is CCOC(=O)Oc1ccc(C(=O)N2CCC(NC(=O)CCc3ccccc3Br)CC2)cc1. The number of aryl methyl sites for hydroxylation is 1. The summed E-state index contributed by atoms with van der Waals surface area (Å²) >= 11 is 3.51. The molecule has 0 bridgehead atoms. The number of nitrogens with zero attached hydrogens (tertiary/aromatic N) is 1. The molecule has 170 valence electrons. The molecule has 2 aromatic carbocycles. The Morgan fingerprint density at radius 3 is 2.41 bits per heavy atom. The van der Waals surface area contributed by atoms with Crippen molar-refractivity contribution in [3.05, 3.63) is 64.1 Å². The first-order chi connectivity index (χ1) is 15.5. The summed E-state index contributed by atoms with van der Waals surface area (Å²) < 4.78 is 10.8. The van der Waals surface area contributed by atoms with E-state index in [1.807, 2.05) is 24.3 Å². The number of benzene rings is 2. The van der Waals surface area contributed by atoms with Crippen LogP contribution in [0.3, 0.4) is 0 Å². The molecule has 0 aliphatic carbocycles. The fourth-order valence-corrected chi connectivity index (χ4v) is 4.05. The third-order valence-electron chi connectivity index (χ3n) is 5.29. The standard InChI is InChI=1S/C24H27BrN2O5/c1-2-31-24(30)32-20-10-7-18(8-11-20)23(29)27-15-13-19(14-16-27)26-22(28)12-9-17-5-3-4-6-21(17)25/h3-8,10-11,19H,2,9,12-16H2,1H3,(H,26,28). The number of hydrogen-bond donors (Lipinski definition) is 1. The van der Waals surface area contributed by atoms with Gasteiger partial charge >= 0.3 is 6.16 Å². The summed E-state index contributed by atoms with van der Waals surface area (Å²) in [5.74, 6) is 0.276. The molecule has 0 atom stereocenters. The Morgan fingerprint density at radius 2 is 1.75 bits per heavy atom. The van der Waals surface area contributed by atoms with Crippen molar-refractivity contribution in [2.24, 2.45) is 0 Å². The molecular weight excluding hydrogens is 476 g/mol. The van der Waals surface area contributed by atoms with Gasteiger partial charge in [-0.05, 0) is 62.1 Å². The average molecular weight is 503 g/mol. The molecule has 0 unspecified atom stereocenters. The first kappa shape index (κ1) is 23.8. The normalized spacial score (nSPS) is 14.0. The van der Waals surface area contributed by atoms with Gasteiger partial charge in [-0.1, -0.05) is 34.1 Å². The smallest absolute Gasteiger partial charge is 0.434 e. The van der Waals surface area contributed by atoms with Crippen LogP contribution in [0.15, 0.2) is 53.0 Å². The third kappa shape index (κ3) is 6.82. The van der Waals surface area contributed by atoms with Crippen molar-refractivity contribution in [2.75, 3.05) is 19.7 Å². The van der Waals surface area contributed by atoms with Gasteiger partial charge in [0.15, 0.2) is 0 Å². The lowest BCUT2D eigenvalue weighted by atomic mass is 10.0. The fourth-order valence-electron chi connectivity index (χ4n) is 3.57. The zero-order chi connectivity index (χ0) is 22.9. The van der Waals surface area contributed by atoms with Crippen molar-refractivity contribution >= 4 is 33.9 Å². The van der Waals surface area contributed by atoms with E-state index in [0.717, 1.165) is 22.9 Å². The third-order valence-corrected chi connectivity index (χ3v) is 6.06. The number of amides is 2. The summed E-state index contributed by atoms with van der Waals surface area (Å²) in [4.78, 5) is 38.2. The van der Waals surface area contributed by atoms with Gasteiger partial charge in [0.2, 0.25) is 5.91 Å². The number of carbonyl (C=O) groups is 3. The highest BCUT2D eigenvalue weighted by atomic mass is 79.9. The molecule has 1 aliphatic rings. The lowest BCUT2D eigenvalue weighted by Gasteiger charge is -2.32. The van der Waals surface area contributed by atoms with Crippen LogP contribution in [0, 0.1) is 0 Å². The number of piperidine rings is 1. The molecule has 1 heterocycles. The van der Waals surface area contributed by atoms with E-state index in [2.05, 4.69) is 21.2 Å². The van der Waals surface area contributed by atoms with Gasteiger partial charge in [-0.3, -0.25) is 9.59 Å². The van der Waals surface area contributed by atoms with Gasteiger partial charge in [0.25, 0.3) is 5.91 Å². The van der Waals surface area contributed by atoms with E-state index < -0.39 is 6.16 Å². The number of carbonyl (C=O) groups excluding carboxylic acids is 3. The van der Waals surface area contributed by atoms with E-state index >= 15 is 0 Å². The zero-order valence-corrected chi connectivity index (χ0v) is 19.6. The predicted octanol–water partition coefficient (Wildman–Crippen LogP) is 4.34. The summed E-state index contributed by atoms with van der Waals surface area (Å²) in [6.07, 6.45) is 1.78. The minimum absolute atomic E-state index is 0.0303. The predicted molar refractivity (Wildman–Crippen MR) is 124 cm³/mol. The monoisotopic (exact) mass is 502 g/mol. The second kappa shape index (κ2) is 11.7. The molecule has 3 rings (SSSR count). The van der Waals surface area contributed by atoms with Crippen molar-refractivity contribution in [1.82, 2.24) is 10.2 Å². The van der Waals surface area contributed by atoms with E-state index in [9.17, 15) is 14.4 Å². The maximum Gasteiger partial charge on any atom is 0.513 e. The topological polar surface area (TPSA) is 84.9 Å². The highest BCUT2D eigenvalue weighted by Crippen LogP contribution is 2.19. The Hall–Kier alpha value is -2.87. The molecule has 0 saturated carbocycles. The van der Waals surface area contributed by atoms with Gasteiger partial charge in [-0.15, -0.1) is 0 Å². The van der Waals surface area contributed by atoms with Crippen LogP contribution in [-0.4, -0.2) is 48.6 Å². The molecule has 1 saturated heterocycles. The summed E-state index contributed by atoms with van der Waals surface area (Å²) in [6.45, 7) is 3.09. The van der Waals surface area contributed by atoms with Crippen LogP contribution in [0.1, 0.15) is 42.1 Å². The van der Waals surface area contributed by atoms with Crippen molar-refractivity contribution in [3.8, 4) is 5.75 Å². The summed E-state index contributed by atoms with van der Waals surface area (Å²) in [5, 5.41) is 3.09. The molecule has 7 nitrogen and oxygen atoms in total. The highest BCUT2D eigenvalue weighted by Gasteiger charge is 2.24. The Morgan fingerprint density at radius 1 is 1.06 bits per heavy atom. The van der Waals surface area contributed by atoms with E-state index in [1.54, 1.807) is 36.1 Å². The number of likely N-dealkylation sites (tertiary alicyclic amines) is 1. The van der Waals surface area contributed by atoms with Gasteiger partial charge in [-0.25, -0.2) is 4.79 Å². The van der Waals surface area contributed by atoms with Crippen LogP contribution in [0.5, 0.6) is 5.75 Å². The molecule has 0 radical (unpaired) electrons. The summed E-state index contributed by atoms with van der Waals surface area (Å²) in [7, 11) is 0. The quantitative estimate of drug-likeness (QED) is 0.449.